The Labute approximate surface area is 146 Å². The summed E-state index contributed by atoms with van der Waals surface area (Å²) >= 11 is 1.77. The van der Waals surface area contributed by atoms with E-state index in [-0.39, 0.29) is 11.9 Å². The van der Waals surface area contributed by atoms with E-state index in [4.69, 9.17) is 0 Å². The zero-order chi connectivity index (χ0) is 16.7. The standard InChI is InChI=1S/C18H24N4OS/c1-11(2)22-10-13(9-16(22)17(23)19-12-7-8-12)24-18-20-14-5-3-4-6-15(14)21-18/h3-6,11-13,16H,7-10H2,1-2H3,(H,19,23)(H,20,21)/t13-,16+/m1/s1. The number of hydrogen-bond donors (Lipinski definition) is 2. The van der Waals surface area contributed by atoms with Crippen LogP contribution in [0.2, 0.25) is 0 Å². The molecule has 24 heavy (non-hydrogen) atoms. The van der Waals surface area contributed by atoms with Crippen LogP contribution >= 0.6 is 11.8 Å². The van der Waals surface area contributed by atoms with Crippen molar-refractivity contribution in [2.24, 2.45) is 0 Å². The number of thioether (sulfide) groups is 1. The van der Waals surface area contributed by atoms with Crippen LogP contribution in [0, 0.1) is 0 Å². The number of imidazole rings is 1. The molecule has 1 amide bonds. The van der Waals surface area contributed by atoms with Gasteiger partial charge in [0.25, 0.3) is 0 Å². The molecule has 5 nitrogen and oxygen atoms in total. The molecule has 0 radical (unpaired) electrons. The van der Waals surface area contributed by atoms with Crippen molar-refractivity contribution >= 4 is 28.7 Å². The second-order valence-corrected chi connectivity index (χ2v) is 8.41. The highest BCUT2D eigenvalue weighted by Crippen LogP contribution is 2.34. The fourth-order valence-corrected chi connectivity index (χ4v) is 4.56. The molecule has 2 heterocycles. The van der Waals surface area contributed by atoms with Crippen LogP contribution in [-0.4, -0.2) is 50.7 Å². The van der Waals surface area contributed by atoms with Gasteiger partial charge in [0.15, 0.2) is 5.16 Å². The molecule has 1 saturated carbocycles. The van der Waals surface area contributed by atoms with Gasteiger partial charge in [0, 0.05) is 23.9 Å². The van der Waals surface area contributed by atoms with E-state index in [1.807, 2.05) is 24.3 Å². The molecule has 1 aliphatic heterocycles. The van der Waals surface area contributed by atoms with E-state index < -0.39 is 0 Å². The van der Waals surface area contributed by atoms with Crippen LogP contribution in [0.4, 0.5) is 0 Å². The summed E-state index contributed by atoms with van der Waals surface area (Å²) in [6.45, 7) is 5.28. The highest BCUT2D eigenvalue weighted by molar-refractivity contribution is 7.99. The summed E-state index contributed by atoms with van der Waals surface area (Å²) in [6, 6.07) is 8.89. The smallest absolute Gasteiger partial charge is 0.237 e. The number of likely N-dealkylation sites (tertiary alicyclic amines) is 1. The van der Waals surface area contributed by atoms with Crippen LogP contribution in [-0.2, 0) is 4.79 Å². The first kappa shape index (κ1) is 16.0. The number of nitrogens with one attached hydrogen (secondary N) is 2. The number of para-hydroxylation sites is 2. The van der Waals surface area contributed by atoms with Crippen molar-refractivity contribution in [2.45, 2.75) is 61.6 Å². The van der Waals surface area contributed by atoms with Gasteiger partial charge in [0.1, 0.15) is 0 Å². The lowest BCUT2D eigenvalue weighted by Crippen LogP contribution is -2.46. The molecule has 2 atom stereocenters. The summed E-state index contributed by atoms with van der Waals surface area (Å²) in [5.41, 5.74) is 2.07. The molecule has 2 fully saturated rings. The molecule has 4 rings (SSSR count). The summed E-state index contributed by atoms with van der Waals surface area (Å²) < 4.78 is 0. The lowest BCUT2D eigenvalue weighted by Gasteiger charge is -2.27. The van der Waals surface area contributed by atoms with E-state index in [1.54, 1.807) is 11.8 Å². The number of nitrogens with zero attached hydrogens (tertiary/aromatic N) is 2. The fourth-order valence-electron chi connectivity index (χ4n) is 3.40. The molecule has 6 heteroatoms. The predicted molar refractivity (Wildman–Crippen MR) is 97.2 cm³/mol. The topological polar surface area (TPSA) is 61.0 Å². The van der Waals surface area contributed by atoms with Gasteiger partial charge in [-0.3, -0.25) is 9.69 Å². The van der Waals surface area contributed by atoms with Gasteiger partial charge in [0.05, 0.1) is 17.1 Å². The van der Waals surface area contributed by atoms with E-state index in [2.05, 4.69) is 34.0 Å². The first-order valence-electron chi connectivity index (χ1n) is 8.77. The third kappa shape index (κ3) is 3.30. The summed E-state index contributed by atoms with van der Waals surface area (Å²) in [4.78, 5) is 22.9. The molecule has 128 valence electrons. The number of H-pyrrole nitrogens is 1. The Hall–Kier alpha value is -1.53. The van der Waals surface area contributed by atoms with Crippen LogP contribution in [0.25, 0.3) is 11.0 Å². The molecule has 0 spiro atoms. The number of fused-ring (bicyclic) bond motifs is 1. The molecular weight excluding hydrogens is 320 g/mol. The van der Waals surface area contributed by atoms with Gasteiger partial charge in [-0.15, -0.1) is 0 Å². The first-order valence-corrected chi connectivity index (χ1v) is 9.65. The molecule has 1 aromatic carbocycles. The van der Waals surface area contributed by atoms with Gasteiger partial charge < -0.3 is 10.3 Å². The van der Waals surface area contributed by atoms with Crippen molar-refractivity contribution in [3.05, 3.63) is 24.3 Å². The Morgan fingerprint density at radius 1 is 1.38 bits per heavy atom. The van der Waals surface area contributed by atoms with Gasteiger partial charge in [0.2, 0.25) is 5.91 Å². The number of carbonyl (C=O) groups is 1. The maximum atomic E-state index is 12.6. The maximum Gasteiger partial charge on any atom is 0.237 e. The monoisotopic (exact) mass is 344 g/mol. The zero-order valence-corrected chi connectivity index (χ0v) is 15.0. The van der Waals surface area contributed by atoms with Gasteiger partial charge >= 0.3 is 0 Å². The average molecular weight is 344 g/mol. The van der Waals surface area contributed by atoms with Gasteiger partial charge in [-0.1, -0.05) is 23.9 Å². The minimum atomic E-state index is -0.00696. The molecule has 2 aliphatic rings. The first-order chi connectivity index (χ1) is 11.6. The highest BCUT2D eigenvalue weighted by atomic mass is 32.2. The molecule has 0 unspecified atom stereocenters. The van der Waals surface area contributed by atoms with Crippen LogP contribution in [0.3, 0.4) is 0 Å². The van der Waals surface area contributed by atoms with Crippen molar-refractivity contribution in [1.82, 2.24) is 20.2 Å². The predicted octanol–water partition coefficient (Wildman–Crippen LogP) is 2.78. The quantitative estimate of drug-likeness (QED) is 0.876. The maximum absolute atomic E-state index is 12.6. The fraction of sp³-hybridized carbons (Fsp3) is 0.556. The summed E-state index contributed by atoms with van der Waals surface area (Å²) in [5, 5.41) is 4.52. The minimum absolute atomic E-state index is 0.00696. The van der Waals surface area contributed by atoms with Crippen molar-refractivity contribution in [3.63, 3.8) is 0 Å². The average Bonchev–Trinajstić information content (AvgIpc) is 3.11. The van der Waals surface area contributed by atoms with E-state index in [0.717, 1.165) is 42.0 Å². The molecule has 1 saturated heterocycles. The van der Waals surface area contributed by atoms with E-state index >= 15 is 0 Å². The summed E-state index contributed by atoms with van der Waals surface area (Å²) in [5.74, 6) is 0.207. The van der Waals surface area contributed by atoms with Crippen molar-refractivity contribution in [3.8, 4) is 0 Å². The summed E-state index contributed by atoms with van der Waals surface area (Å²) in [7, 11) is 0. The Morgan fingerprint density at radius 3 is 2.88 bits per heavy atom. The van der Waals surface area contributed by atoms with E-state index in [0.29, 0.717) is 17.3 Å². The number of benzene rings is 1. The van der Waals surface area contributed by atoms with Crippen LogP contribution in [0.5, 0.6) is 0 Å². The van der Waals surface area contributed by atoms with E-state index in [9.17, 15) is 4.79 Å². The lowest BCUT2D eigenvalue weighted by atomic mass is 10.2. The third-order valence-corrected chi connectivity index (χ3v) is 5.93. The second-order valence-electron chi connectivity index (χ2n) is 7.12. The molecule has 2 N–H and O–H groups in total. The number of hydrogen-bond acceptors (Lipinski definition) is 4. The Kier molecular flexibility index (Phi) is 4.26. The van der Waals surface area contributed by atoms with Crippen LogP contribution in [0.1, 0.15) is 33.1 Å². The minimum Gasteiger partial charge on any atom is -0.352 e. The van der Waals surface area contributed by atoms with Gasteiger partial charge in [-0.25, -0.2) is 4.98 Å². The molecule has 0 bridgehead atoms. The highest BCUT2D eigenvalue weighted by Gasteiger charge is 2.40. The van der Waals surface area contributed by atoms with Crippen LogP contribution < -0.4 is 5.32 Å². The van der Waals surface area contributed by atoms with Crippen LogP contribution in [0.15, 0.2) is 29.4 Å². The number of rotatable bonds is 5. The van der Waals surface area contributed by atoms with E-state index in [1.165, 1.54) is 0 Å². The number of aromatic nitrogens is 2. The molecule has 1 aromatic heterocycles. The SMILES string of the molecule is CC(C)N1C[C@H](Sc2nc3ccccc3[nH]2)C[C@H]1C(=O)NC1CC1. The van der Waals surface area contributed by atoms with Crippen molar-refractivity contribution < 1.29 is 4.79 Å². The number of carbonyl (C=O) groups excluding carboxylic acids is 1. The Bertz CT molecular complexity index is 706. The number of aromatic amines is 1. The van der Waals surface area contributed by atoms with Gasteiger partial charge in [-0.2, -0.15) is 0 Å². The third-order valence-electron chi connectivity index (χ3n) is 4.84. The van der Waals surface area contributed by atoms with Crippen molar-refractivity contribution in [2.75, 3.05) is 6.54 Å². The normalized spacial score (nSPS) is 24.8. The van der Waals surface area contributed by atoms with Gasteiger partial charge in [-0.05, 0) is 45.2 Å². The summed E-state index contributed by atoms with van der Waals surface area (Å²) in [6.07, 6.45) is 3.16. The molecular formula is C18H24N4OS. The largest absolute Gasteiger partial charge is 0.352 e. The van der Waals surface area contributed by atoms with Crippen molar-refractivity contribution in [1.29, 1.82) is 0 Å². The number of amides is 1. The second kappa shape index (κ2) is 6.41. The molecule has 2 aromatic rings. The Balaban J connectivity index is 1.46. The molecule has 1 aliphatic carbocycles. The lowest BCUT2D eigenvalue weighted by molar-refractivity contribution is -0.126. The zero-order valence-electron chi connectivity index (χ0n) is 14.2. The Morgan fingerprint density at radius 2 is 2.17 bits per heavy atom.